The molecule has 0 bridgehead atoms. The summed E-state index contributed by atoms with van der Waals surface area (Å²) in [4.78, 5) is 38.5. The number of amides is 4. The van der Waals surface area contributed by atoms with Crippen LogP contribution in [0.3, 0.4) is 0 Å². The molecule has 0 aliphatic carbocycles. The molecule has 1 atom stereocenters. The Morgan fingerprint density at radius 3 is 2.70 bits per heavy atom. The molecule has 4 amide bonds. The Balaban J connectivity index is 1.91. The van der Waals surface area contributed by atoms with Crippen molar-refractivity contribution in [2.24, 2.45) is 0 Å². The first-order valence-electron chi connectivity index (χ1n) is 6.91. The molecule has 2 aliphatic heterocycles. The zero-order valence-electron chi connectivity index (χ0n) is 11.9. The first-order valence-corrected chi connectivity index (χ1v) is 6.91. The van der Waals surface area contributed by atoms with Gasteiger partial charge in [-0.25, -0.2) is 4.79 Å². The van der Waals surface area contributed by atoms with Crippen molar-refractivity contribution in [2.75, 3.05) is 19.7 Å². The van der Waals surface area contributed by atoms with Crippen LogP contribution in [0.4, 0.5) is 4.79 Å². The van der Waals surface area contributed by atoms with E-state index in [-0.39, 0.29) is 37.4 Å². The lowest BCUT2D eigenvalue weighted by Gasteiger charge is -2.24. The number of imide groups is 1. The Morgan fingerprint density at radius 2 is 2.15 bits per heavy atom. The molecule has 2 N–H and O–H groups in total. The highest BCUT2D eigenvalue weighted by Crippen LogP contribution is 2.20. The third-order valence-corrected chi connectivity index (χ3v) is 3.90. The summed E-state index contributed by atoms with van der Waals surface area (Å²) in [6.07, 6.45) is 1.79. The van der Waals surface area contributed by atoms with Crippen LogP contribution in [0.1, 0.15) is 33.1 Å². The van der Waals surface area contributed by atoms with Crippen LogP contribution < -0.4 is 5.32 Å². The van der Waals surface area contributed by atoms with Crippen molar-refractivity contribution in [1.29, 1.82) is 0 Å². The summed E-state index contributed by atoms with van der Waals surface area (Å²) in [6.45, 7) is 3.95. The fraction of sp³-hybridized carbons (Fsp3) is 0.769. The van der Waals surface area contributed by atoms with Gasteiger partial charge in [-0.05, 0) is 26.7 Å². The minimum absolute atomic E-state index is 0.0398. The Hall–Kier alpha value is -1.63. The standard InChI is InChI=1S/C13H21N3O4/c1-13(2)11(19)16(12(20)14-13)7-5-10(18)15-6-3-4-9(15)8-17/h9,17H,3-8H2,1-2H3,(H,14,20)/t9-/m1/s1. The van der Waals surface area contributed by atoms with Crippen molar-refractivity contribution in [2.45, 2.75) is 44.7 Å². The molecule has 2 rings (SSSR count). The van der Waals surface area contributed by atoms with Gasteiger partial charge in [-0.3, -0.25) is 14.5 Å². The van der Waals surface area contributed by atoms with Gasteiger partial charge in [0.05, 0.1) is 12.6 Å². The summed E-state index contributed by atoms with van der Waals surface area (Å²) < 4.78 is 0. The van der Waals surface area contributed by atoms with Crippen molar-refractivity contribution >= 4 is 17.8 Å². The van der Waals surface area contributed by atoms with Crippen molar-refractivity contribution < 1.29 is 19.5 Å². The molecule has 0 aromatic rings. The van der Waals surface area contributed by atoms with Gasteiger partial charge in [-0.15, -0.1) is 0 Å². The highest BCUT2D eigenvalue weighted by atomic mass is 16.3. The number of nitrogens with one attached hydrogen (secondary N) is 1. The topological polar surface area (TPSA) is 90.0 Å². The van der Waals surface area contributed by atoms with Gasteiger partial charge in [-0.1, -0.05) is 0 Å². The van der Waals surface area contributed by atoms with Crippen molar-refractivity contribution in [3.8, 4) is 0 Å². The quantitative estimate of drug-likeness (QED) is 0.693. The van der Waals surface area contributed by atoms with E-state index in [1.807, 2.05) is 0 Å². The molecule has 7 nitrogen and oxygen atoms in total. The molecule has 2 heterocycles. The van der Waals surface area contributed by atoms with E-state index in [0.29, 0.717) is 6.54 Å². The lowest BCUT2D eigenvalue weighted by Crippen LogP contribution is -2.42. The summed E-state index contributed by atoms with van der Waals surface area (Å²) in [7, 11) is 0. The van der Waals surface area contributed by atoms with Crippen LogP contribution in [0, 0.1) is 0 Å². The van der Waals surface area contributed by atoms with Crippen LogP contribution in [-0.4, -0.2) is 64.0 Å². The second-order valence-corrected chi connectivity index (χ2v) is 5.83. The Bertz CT molecular complexity index is 435. The minimum Gasteiger partial charge on any atom is -0.394 e. The molecule has 0 unspecified atom stereocenters. The van der Waals surface area contributed by atoms with Crippen molar-refractivity contribution in [1.82, 2.24) is 15.1 Å². The van der Waals surface area contributed by atoms with Gasteiger partial charge in [0.2, 0.25) is 5.91 Å². The summed E-state index contributed by atoms with van der Waals surface area (Å²) in [5.41, 5.74) is -0.901. The first kappa shape index (κ1) is 14.8. The molecule has 7 heteroatoms. The van der Waals surface area contributed by atoms with E-state index in [1.165, 1.54) is 0 Å². The first-order chi connectivity index (χ1) is 9.36. The largest absolute Gasteiger partial charge is 0.394 e. The Kier molecular flexibility index (Phi) is 3.99. The van der Waals surface area contributed by atoms with Gasteiger partial charge >= 0.3 is 6.03 Å². The molecular weight excluding hydrogens is 262 g/mol. The average molecular weight is 283 g/mol. The predicted octanol–water partition coefficient (Wildman–Crippen LogP) is -0.310. The van der Waals surface area contributed by atoms with Crippen LogP contribution in [0.2, 0.25) is 0 Å². The normalized spacial score (nSPS) is 25.2. The summed E-state index contributed by atoms with van der Waals surface area (Å²) in [5.74, 6) is -0.428. The highest BCUT2D eigenvalue weighted by molar-refractivity contribution is 6.06. The molecule has 2 saturated heterocycles. The molecule has 20 heavy (non-hydrogen) atoms. The van der Waals surface area contributed by atoms with Crippen molar-refractivity contribution in [3.63, 3.8) is 0 Å². The molecule has 0 spiro atoms. The molecule has 0 aromatic carbocycles. The fourth-order valence-electron chi connectivity index (χ4n) is 2.73. The van der Waals surface area contributed by atoms with Crippen LogP contribution >= 0.6 is 0 Å². The van der Waals surface area contributed by atoms with Gasteiger partial charge in [0.15, 0.2) is 0 Å². The van der Waals surface area contributed by atoms with Gasteiger partial charge in [-0.2, -0.15) is 0 Å². The number of aliphatic hydroxyl groups excluding tert-OH is 1. The van der Waals surface area contributed by atoms with Gasteiger partial charge in [0, 0.05) is 19.5 Å². The van der Waals surface area contributed by atoms with Crippen molar-refractivity contribution in [3.05, 3.63) is 0 Å². The molecule has 2 fully saturated rings. The molecule has 2 aliphatic rings. The third kappa shape index (κ3) is 2.63. The van der Waals surface area contributed by atoms with E-state index in [4.69, 9.17) is 0 Å². The maximum Gasteiger partial charge on any atom is 0.325 e. The number of nitrogens with zero attached hydrogens (tertiary/aromatic N) is 2. The second-order valence-electron chi connectivity index (χ2n) is 5.83. The van der Waals surface area contributed by atoms with Gasteiger partial charge in [0.1, 0.15) is 5.54 Å². The lowest BCUT2D eigenvalue weighted by molar-refractivity contribution is -0.134. The van der Waals surface area contributed by atoms with E-state index in [9.17, 15) is 19.5 Å². The number of likely N-dealkylation sites (tertiary alicyclic amines) is 1. The summed E-state index contributed by atoms with van der Waals surface area (Å²) in [6, 6.07) is -0.574. The fourth-order valence-corrected chi connectivity index (χ4v) is 2.73. The third-order valence-electron chi connectivity index (χ3n) is 3.90. The molecule has 0 saturated carbocycles. The highest BCUT2D eigenvalue weighted by Gasteiger charge is 2.44. The van der Waals surface area contributed by atoms with Crippen LogP contribution in [0.15, 0.2) is 0 Å². The van der Waals surface area contributed by atoms with Crippen LogP contribution in [0.5, 0.6) is 0 Å². The van der Waals surface area contributed by atoms with Crippen LogP contribution in [0.25, 0.3) is 0 Å². The zero-order valence-corrected chi connectivity index (χ0v) is 11.9. The number of carbonyl (C=O) groups is 3. The number of carbonyl (C=O) groups excluding carboxylic acids is 3. The maximum absolute atomic E-state index is 12.1. The zero-order chi connectivity index (χ0) is 14.9. The number of hydrogen-bond donors (Lipinski definition) is 2. The number of rotatable bonds is 4. The molecule has 112 valence electrons. The van der Waals surface area contributed by atoms with E-state index in [2.05, 4.69) is 5.32 Å². The van der Waals surface area contributed by atoms with Gasteiger partial charge < -0.3 is 15.3 Å². The number of aliphatic hydroxyl groups is 1. The maximum atomic E-state index is 12.1. The van der Waals surface area contributed by atoms with E-state index in [1.54, 1.807) is 18.7 Å². The molecule has 0 aromatic heterocycles. The van der Waals surface area contributed by atoms with E-state index < -0.39 is 11.6 Å². The molecular formula is C13H21N3O4. The summed E-state index contributed by atoms with van der Waals surface area (Å²) >= 11 is 0. The summed E-state index contributed by atoms with van der Waals surface area (Å²) in [5, 5.41) is 11.8. The lowest BCUT2D eigenvalue weighted by atomic mass is 10.1. The smallest absolute Gasteiger partial charge is 0.325 e. The van der Waals surface area contributed by atoms with Gasteiger partial charge in [0.25, 0.3) is 5.91 Å². The van der Waals surface area contributed by atoms with E-state index in [0.717, 1.165) is 17.7 Å². The SMILES string of the molecule is CC1(C)NC(=O)N(CCC(=O)N2CCC[C@@H]2CO)C1=O. The van der Waals surface area contributed by atoms with Crippen LogP contribution in [-0.2, 0) is 9.59 Å². The monoisotopic (exact) mass is 283 g/mol. The van der Waals surface area contributed by atoms with E-state index >= 15 is 0 Å². The Labute approximate surface area is 117 Å². The minimum atomic E-state index is -0.901. The number of hydrogen-bond acceptors (Lipinski definition) is 4. The average Bonchev–Trinajstić information content (AvgIpc) is 2.92. The predicted molar refractivity (Wildman–Crippen MR) is 70.8 cm³/mol. The Morgan fingerprint density at radius 1 is 1.45 bits per heavy atom. The second kappa shape index (κ2) is 5.40. The molecule has 0 radical (unpaired) electrons. The number of urea groups is 1.